The maximum atomic E-state index is 14.5. The van der Waals surface area contributed by atoms with Gasteiger partial charge >= 0.3 is 12.1 Å². The first-order chi connectivity index (χ1) is 16.7. The summed E-state index contributed by atoms with van der Waals surface area (Å²) in [5.41, 5.74) is -1.93. The van der Waals surface area contributed by atoms with Crippen LogP contribution < -0.4 is 0 Å². The number of benzene rings is 1. The van der Waals surface area contributed by atoms with Crippen molar-refractivity contribution in [2.75, 3.05) is 19.8 Å². The molecule has 1 aromatic rings. The zero-order chi connectivity index (χ0) is 27.4. The number of hydrogen-bond acceptors (Lipinski definition) is 7. The van der Waals surface area contributed by atoms with Crippen molar-refractivity contribution < 1.29 is 51.3 Å². The normalized spacial score (nSPS) is 19.7. The Morgan fingerprint density at radius 3 is 2.17 bits per heavy atom. The van der Waals surface area contributed by atoms with Crippen LogP contribution in [-0.2, 0) is 23.8 Å². The van der Waals surface area contributed by atoms with Gasteiger partial charge in [-0.25, -0.2) is 22.4 Å². The molecule has 3 unspecified atom stereocenters. The number of rotatable bonds is 9. The Balaban J connectivity index is 2.43. The molecule has 0 spiro atoms. The molecule has 202 valence electrons. The third-order valence-electron chi connectivity index (χ3n) is 5.55. The maximum Gasteiger partial charge on any atom is 0.410 e. The molecule has 1 saturated heterocycles. The zero-order valence-corrected chi connectivity index (χ0v) is 20.8. The fraction of sp³-hybridized carbons (Fsp3) is 0.625. The van der Waals surface area contributed by atoms with Crippen LogP contribution in [0.2, 0.25) is 0 Å². The first-order valence-electron chi connectivity index (χ1n) is 11.5. The molecule has 1 aromatic carbocycles. The molecule has 12 heteroatoms. The van der Waals surface area contributed by atoms with E-state index in [1.54, 1.807) is 27.7 Å². The summed E-state index contributed by atoms with van der Waals surface area (Å²) in [5, 5.41) is 10.2. The van der Waals surface area contributed by atoms with E-state index in [0.29, 0.717) is 0 Å². The van der Waals surface area contributed by atoms with E-state index in [1.165, 1.54) is 6.92 Å². The van der Waals surface area contributed by atoms with Crippen LogP contribution in [0, 0.1) is 29.2 Å². The lowest BCUT2D eigenvalue weighted by Crippen LogP contribution is -2.45. The lowest BCUT2D eigenvalue weighted by atomic mass is 9.91. The minimum absolute atomic E-state index is 0.0183. The summed E-state index contributed by atoms with van der Waals surface area (Å²) in [6.07, 6.45) is -3.75. The second-order valence-electron chi connectivity index (χ2n) is 9.34. The lowest BCUT2D eigenvalue weighted by molar-refractivity contribution is -0.176. The smallest absolute Gasteiger partial charge is 0.410 e. The van der Waals surface area contributed by atoms with Gasteiger partial charge in [0, 0.05) is 37.1 Å². The lowest BCUT2D eigenvalue weighted by Gasteiger charge is -2.29. The van der Waals surface area contributed by atoms with E-state index in [1.807, 2.05) is 0 Å². The van der Waals surface area contributed by atoms with Gasteiger partial charge in [-0.05, 0) is 41.0 Å². The van der Waals surface area contributed by atoms with Gasteiger partial charge in [-0.2, -0.15) is 0 Å². The molecule has 1 heterocycles. The van der Waals surface area contributed by atoms with Crippen molar-refractivity contribution in [1.29, 1.82) is 0 Å². The number of aliphatic hydroxyl groups is 1. The average molecular weight is 522 g/mol. The van der Waals surface area contributed by atoms with Crippen molar-refractivity contribution in [2.45, 2.75) is 71.3 Å². The highest BCUT2D eigenvalue weighted by Gasteiger charge is 2.45. The fourth-order valence-electron chi connectivity index (χ4n) is 4.01. The SMILES string of the molecule is CCOC(=O)C(CC(=O)C1C[C@H](c2c(F)c(F)cc(F)c2F)CN1C(=O)OC(C)(C)C)C(O)OCC. The number of aliphatic hydroxyl groups excluding tert-OH is 1. The molecule has 0 aromatic heterocycles. The van der Waals surface area contributed by atoms with Crippen molar-refractivity contribution in [3.05, 3.63) is 34.9 Å². The van der Waals surface area contributed by atoms with Crippen molar-refractivity contribution in [1.82, 2.24) is 4.90 Å². The van der Waals surface area contributed by atoms with Gasteiger partial charge in [0.2, 0.25) is 0 Å². The van der Waals surface area contributed by atoms with Crippen LogP contribution in [0.5, 0.6) is 0 Å². The summed E-state index contributed by atoms with van der Waals surface area (Å²) >= 11 is 0. The summed E-state index contributed by atoms with van der Waals surface area (Å²) in [7, 11) is 0. The number of esters is 1. The standard InChI is InChI=1S/C24H31F4NO7/c1-6-34-21(31)13(22(32)35-7-2)9-17(30)16-8-12(11-29(16)23(33)36-24(3,4)5)18-19(27)14(25)10-15(26)20(18)28/h10,12-13,16,21,31H,6-9,11H2,1-5H3/t12-,13?,16?,21?/m0/s1. The van der Waals surface area contributed by atoms with Gasteiger partial charge in [0.1, 0.15) is 11.5 Å². The number of Topliss-reactive ketones (excluding diaryl/α,β-unsaturated/α-hetero) is 1. The number of halogens is 4. The third-order valence-corrected chi connectivity index (χ3v) is 5.55. The predicted octanol–water partition coefficient (Wildman–Crippen LogP) is 3.83. The zero-order valence-electron chi connectivity index (χ0n) is 20.8. The highest BCUT2D eigenvalue weighted by molar-refractivity contribution is 5.91. The minimum Gasteiger partial charge on any atom is -0.466 e. The van der Waals surface area contributed by atoms with Crippen molar-refractivity contribution in [3.63, 3.8) is 0 Å². The molecule has 1 amide bonds. The Labute approximate surface area is 206 Å². The number of ether oxygens (including phenoxy) is 3. The molecule has 8 nitrogen and oxygen atoms in total. The molecule has 0 saturated carbocycles. The Bertz CT molecular complexity index is 956. The van der Waals surface area contributed by atoms with Crippen LogP contribution in [0.1, 0.15) is 58.9 Å². The van der Waals surface area contributed by atoms with Crippen LogP contribution in [-0.4, -0.2) is 65.5 Å². The van der Waals surface area contributed by atoms with Crippen molar-refractivity contribution >= 4 is 17.8 Å². The fourth-order valence-corrected chi connectivity index (χ4v) is 4.01. The molecular formula is C24H31F4NO7. The monoisotopic (exact) mass is 521 g/mol. The van der Waals surface area contributed by atoms with Crippen molar-refractivity contribution in [3.8, 4) is 0 Å². The molecule has 36 heavy (non-hydrogen) atoms. The summed E-state index contributed by atoms with van der Waals surface area (Å²) in [4.78, 5) is 39.4. The highest BCUT2D eigenvalue weighted by atomic mass is 19.2. The van der Waals surface area contributed by atoms with E-state index >= 15 is 0 Å². The number of carbonyl (C=O) groups is 3. The number of amides is 1. The molecule has 0 bridgehead atoms. The van der Waals surface area contributed by atoms with E-state index in [0.717, 1.165) is 4.90 Å². The van der Waals surface area contributed by atoms with Gasteiger partial charge in [-0.3, -0.25) is 14.5 Å². The van der Waals surface area contributed by atoms with E-state index in [2.05, 4.69) is 0 Å². The average Bonchev–Trinajstić information content (AvgIpc) is 3.20. The Kier molecular flexibility index (Phi) is 9.84. The molecule has 0 radical (unpaired) electrons. The van der Waals surface area contributed by atoms with Crippen LogP contribution in [0.3, 0.4) is 0 Å². The molecule has 1 N–H and O–H groups in total. The van der Waals surface area contributed by atoms with Gasteiger partial charge < -0.3 is 19.3 Å². The quantitative estimate of drug-likeness (QED) is 0.228. The van der Waals surface area contributed by atoms with Crippen LogP contribution in [0.25, 0.3) is 0 Å². The molecular weight excluding hydrogens is 490 g/mol. The van der Waals surface area contributed by atoms with Gasteiger partial charge in [0.05, 0.1) is 12.6 Å². The first-order valence-corrected chi connectivity index (χ1v) is 11.5. The number of likely N-dealkylation sites (tertiary alicyclic amines) is 1. The van der Waals surface area contributed by atoms with E-state index in [-0.39, 0.29) is 19.3 Å². The van der Waals surface area contributed by atoms with Crippen LogP contribution >= 0.6 is 0 Å². The van der Waals surface area contributed by atoms with Gasteiger partial charge in [0.25, 0.3) is 0 Å². The maximum absolute atomic E-state index is 14.5. The second kappa shape index (κ2) is 12.0. The molecule has 4 atom stereocenters. The second-order valence-corrected chi connectivity index (χ2v) is 9.34. The van der Waals surface area contributed by atoms with E-state index in [9.17, 15) is 37.1 Å². The third kappa shape index (κ3) is 6.94. The van der Waals surface area contributed by atoms with E-state index in [4.69, 9.17) is 14.2 Å². The van der Waals surface area contributed by atoms with Gasteiger partial charge in [-0.1, -0.05) is 0 Å². The summed E-state index contributed by atoms with van der Waals surface area (Å²) < 4.78 is 72.0. The Morgan fingerprint density at radius 2 is 1.67 bits per heavy atom. The minimum atomic E-state index is -1.70. The summed E-state index contributed by atoms with van der Waals surface area (Å²) in [5.74, 6) is -10.9. The molecule has 1 aliphatic rings. The molecule has 2 rings (SSSR count). The first kappa shape index (κ1) is 29.5. The largest absolute Gasteiger partial charge is 0.466 e. The molecule has 0 aliphatic carbocycles. The van der Waals surface area contributed by atoms with E-state index < -0.39 is 95.8 Å². The van der Waals surface area contributed by atoms with Crippen molar-refractivity contribution in [2.24, 2.45) is 5.92 Å². The number of ketones is 1. The Morgan fingerprint density at radius 1 is 1.08 bits per heavy atom. The summed E-state index contributed by atoms with van der Waals surface area (Å²) in [6, 6.07) is -1.31. The predicted molar refractivity (Wildman–Crippen MR) is 118 cm³/mol. The Hall–Kier alpha value is -2.73. The highest BCUT2D eigenvalue weighted by Crippen LogP contribution is 2.38. The number of nitrogens with zero attached hydrogens (tertiary/aromatic N) is 1. The summed E-state index contributed by atoms with van der Waals surface area (Å²) in [6.45, 7) is 7.26. The molecule has 1 fully saturated rings. The van der Waals surface area contributed by atoms with Crippen LogP contribution in [0.15, 0.2) is 6.07 Å². The number of carbonyl (C=O) groups excluding carboxylic acids is 3. The number of hydrogen-bond donors (Lipinski definition) is 1. The topological polar surface area (TPSA) is 102 Å². The van der Waals surface area contributed by atoms with Crippen LogP contribution in [0.4, 0.5) is 22.4 Å². The van der Waals surface area contributed by atoms with Gasteiger partial charge in [-0.15, -0.1) is 0 Å². The van der Waals surface area contributed by atoms with Gasteiger partial charge in [0.15, 0.2) is 35.3 Å². The molecule has 1 aliphatic heterocycles.